The molecule has 1 saturated heterocycles. The van der Waals surface area contributed by atoms with Crippen molar-refractivity contribution in [2.45, 2.75) is 46.5 Å². The second-order valence-electron chi connectivity index (χ2n) is 9.65. The molecule has 0 spiro atoms. The lowest BCUT2D eigenvalue weighted by atomic mass is 9.95. The monoisotopic (exact) mass is 513 g/mol. The first-order valence-corrected chi connectivity index (χ1v) is 13.1. The second-order valence-corrected chi connectivity index (χ2v) is 9.65. The lowest BCUT2D eigenvalue weighted by Crippen LogP contribution is -2.23. The fourth-order valence-electron chi connectivity index (χ4n) is 4.40. The summed E-state index contributed by atoms with van der Waals surface area (Å²) in [7, 11) is 3.28. The summed E-state index contributed by atoms with van der Waals surface area (Å²) in [6, 6.07) is 0. The average molecular weight is 514 g/mol. The number of methoxy groups -OCH3 is 1. The number of rotatable bonds is 10. The molecule has 0 amide bonds. The zero-order chi connectivity index (χ0) is 28.2. The quantitative estimate of drug-likeness (QED) is 0.101. The molecule has 5 heteroatoms. The molecule has 0 aromatic rings. The van der Waals surface area contributed by atoms with Gasteiger partial charge >= 0.3 is 0 Å². The topological polar surface area (TPSA) is 54.3 Å². The van der Waals surface area contributed by atoms with Gasteiger partial charge in [0, 0.05) is 55.5 Å². The average Bonchev–Trinajstić information content (AvgIpc) is 3.20. The van der Waals surface area contributed by atoms with Crippen LogP contribution in [-0.4, -0.2) is 49.4 Å². The Morgan fingerprint density at radius 2 is 2.00 bits per heavy atom. The zero-order valence-electron chi connectivity index (χ0n) is 23.8. The van der Waals surface area contributed by atoms with E-state index in [0.29, 0.717) is 29.2 Å². The molecule has 0 aliphatic carbocycles. The summed E-state index contributed by atoms with van der Waals surface area (Å²) in [5.41, 5.74) is 6.64. The number of aliphatic imine (C=N–C) groups is 2. The Kier molecular flexibility index (Phi) is 11.9. The van der Waals surface area contributed by atoms with Crippen LogP contribution in [0.15, 0.2) is 118 Å². The first-order valence-electron chi connectivity index (χ1n) is 13.1. The molecule has 0 saturated carbocycles. The molecule has 0 N–H and O–H groups in total. The van der Waals surface area contributed by atoms with Gasteiger partial charge in [0.1, 0.15) is 5.76 Å². The summed E-state index contributed by atoms with van der Waals surface area (Å²) in [6.45, 7) is 24.1. The van der Waals surface area contributed by atoms with Crippen molar-refractivity contribution in [1.82, 2.24) is 4.90 Å². The van der Waals surface area contributed by atoms with Gasteiger partial charge in [-0.15, -0.1) is 0 Å². The van der Waals surface area contributed by atoms with E-state index in [0.717, 1.165) is 54.9 Å². The highest BCUT2D eigenvalue weighted by atomic mass is 16.5. The minimum absolute atomic E-state index is 0.0143. The lowest BCUT2D eigenvalue weighted by molar-refractivity contribution is -0.111. The van der Waals surface area contributed by atoms with Gasteiger partial charge in [0.2, 0.25) is 0 Å². The number of hydrogen-bond donors (Lipinski definition) is 0. The van der Waals surface area contributed by atoms with Crippen LogP contribution in [0.2, 0.25) is 0 Å². The Balaban J connectivity index is 2.46. The molecule has 0 bridgehead atoms. The van der Waals surface area contributed by atoms with Crippen molar-refractivity contribution in [3.63, 3.8) is 0 Å². The maximum Gasteiger partial charge on any atom is 0.183 e. The fourth-order valence-corrected chi connectivity index (χ4v) is 4.40. The van der Waals surface area contributed by atoms with Crippen molar-refractivity contribution >= 4 is 17.2 Å². The van der Waals surface area contributed by atoms with Gasteiger partial charge in [-0.05, 0) is 56.9 Å². The standard InChI is InChI=1S/C33H43N3O2/c1-10-23(3)19-25(5)30(27(7)38-9)21-31(34-8)32-22-33(37)26(6)20-28(35-32)14-15-29(11-2)36-17-12-13-24(4)16-18-36/h10-11,14-15,19,21-22,25H,1,4,6-7,12-13,16-18,20H2,2-3,5,8-9H3/b15-14-,23-19-,29-11+,30-21+,34-31?. The van der Waals surface area contributed by atoms with Crippen molar-refractivity contribution in [1.29, 1.82) is 0 Å². The smallest absolute Gasteiger partial charge is 0.183 e. The minimum Gasteiger partial charge on any atom is -0.497 e. The van der Waals surface area contributed by atoms with Gasteiger partial charge in [0.25, 0.3) is 0 Å². The molecule has 38 heavy (non-hydrogen) atoms. The van der Waals surface area contributed by atoms with Gasteiger partial charge in [-0.25, -0.2) is 0 Å². The molecule has 1 fully saturated rings. The normalized spacial score (nSPS) is 19.6. The maximum atomic E-state index is 12.9. The van der Waals surface area contributed by atoms with E-state index in [2.05, 4.69) is 61.4 Å². The Morgan fingerprint density at radius 3 is 2.63 bits per heavy atom. The van der Waals surface area contributed by atoms with E-state index >= 15 is 0 Å². The van der Waals surface area contributed by atoms with Crippen LogP contribution < -0.4 is 0 Å². The highest BCUT2D eigenvalue weighted by molar-refractivity contribution is 6.19. The number of ketones is 1. The summed E-state index contributed by atoms with van der Waals surface area (Å²) >= 11 is 0. The molecule has 1 unspecified atom stereocenters. The third-order valence-electron chi connectivity index (χ3n) is 6.77. The summed E-state index contributed by atoms with van der Waals surface area (Å²) in [6.07, 6.45) is 17.0. The Hall–Kier alpha value is -3.73. The van der Waals surface area contributed by atoms with Crippen molar-refractivity contribution in [2.24, 2.45) is 15.9 Å². The van der Waals surface area contributed by atoms with Crippen LogP contribution in [0.3, 0.4) is 0 Å². The number of carbonyl (C=O) groups excluding carboxylic acids is 1. The molecule has 2 aliphatic rings. The van der Waals surface area contributed by atoms with Crippen molar-refractivity contribution in [3.05, 3.63) is 108 Å². The molecule has 2 aliphatic heterocycles. The van der Waals surface area contributed by atoms with Crippen LogP contribution in [0, 0.1) is 5.92 Å². The molecule has 2 heterocycles. The van der Waals surface area contributed by atoms with Crippen LogP contribution in [0.25, 0.3) is 0 Å². The highest BCUT2D eigenvalue weighted by Gasteiger charge is 2.19. The van der Waals surface area contributed by atoms with Crippen LogP contribution in [0.5, 0.6) is 0 Å². The van der Waals surface area contributed by atoms with Crippen LogP contribution in [-0.2, 0) is 9.53 Å². The maximum absolute atomic E-state index is 12.9. The molecule has 0 aromatic heterocycles. The van der Waals surface area contributed by atoms with E-state index < -0.39 is 0 Å². The Bertz CT molecular complexity index is 1180. The lowest BCUT2D eigenvalue weighted by Gasteiger charge is -2.23. The number of likely N-dealkylation sites (tertiary alicyclic amines) is 1. The summed E-state index contributed by atoms with van der Waals surface area (Å²) in [4.78, 5) is 24.6. The summed E-state index contributed by atoms with van der Waals surface area (Å²) < 4.78 is 5.48. The van der Waals surface area contributed by atoms with E-state index in [1.54, 1.807) is 20.2 Å². The number of ether oxygens (including phenoxy) is 1. The van der Waals surface area contributed by atoms with E-state index in [1.165, 1.54) is 11.6 Å². The predicted octanol–water partition coefficient (Wildman–Crippen LogP) is 7.27. The Morgan fingerprint density at radius 1 is 1.26 bits per heavy atom. The molecular formula is C33H43N3O2. The summed E-state index contributed by atoms with van der Waals surface area (Å²) in [5, 5.41) is 0. The van der Waals surface area contributed by atoms with Gasteiger partial charge in [-0.2, -0.15) is 0 Å². The van der Waals surface area contributed by atoms with Gasteiger partial charge in [0.15, 0.2) is 5.78 Å². The molecule has 1 atom stereocenters. The van der Waals surface area contributed by atoms with Gasteiger partial charge < -0.3 is 9.64 Å². The van der Waals surface area contributed by atoms with Gasteiger partial charge in [-0.3, -0.25) is 14.8 Å². The second kappa shape index (κ2) is 14.9. The first kappa shape index (κ1) is 30.5. The molecular weight excluding hydrogens is 470 g/mol. The first-order chi connectivity index (χ1) is 18.1. The van der Waals surface area contributed by atoms with Gasteiger partial charge in [0.05, 0.1) is 18.5 Å². The zero-order valence-corrected chi connectivity index (χ0v) is 23.8. The molecule has 0 radical (unpaired) electrons. The predicted molar refractivity (Wildman–Crippen MR) is 162 cm³/mol. The number of hydrogen-bond acceptors (Lipinski definition) is 5. The molecule has 0 aromatic carbocycles. The van der Waals surface area contributed by atoms with Crippen molar-refractivity contribution < 1.29 is 9.53 Å². The van der Waals surface area contributed by atoms with Crippen LogP contribution in [0.4, 0.5) is 0 Å². The third kappa shape index (κ3) is 8.69. The molecule has 2 rings (SSSR count). The minimum atomic E-state index is -0.151. The molecule has 202 valence electrons. The number of allylic oxidation sites excluding steroid dienone is 10. The largest absolute Gasteiger partial charge is 0.497 e. The van der Waals surface area contributed by atoms with E-state index in [4.69, 9.17) is 9.73 Å². The van der Waals surface area contributed by atoms with Crippen LogP contribution >= 0.6 is 0 Å². The summed E-state index contributed by atoms with van der Waals surface area (Å²) in [5.74, 6) is 0.361. The van der Waals surface area contributed by atoms with E-state index in [1.807, 2.05) is 26.0 Å². The van der Waals surface area contributed by atoms with E-state index in [9.17, 15) is 4.79 Å². The SMILES string of the molecule is C=C/C(C)=C\C(C)/C(=C\C(=NC)C1=CC(=O)C(=C)CC(/C=C\C(=C/C)N2CCCC(=C)CC2)=N1)C(=C)OC. The number of carbonyl (C=O) groups is 1. The van der Waals surface area contributed by atoms with Gasteiger partial charge in [-0.1, -0.05) is 62.6 Å². The number of nitrogens with zero attached hydrogens (tertiary/aromatic N) is 3. The highest BCUT2D eigenvalue weighted by Crippen LogP contribution is 2.25. The van der Waals surface area contributed by atoms with Crippen molar-refractivity contribution in [2.75, 3.05) is 27.2 Å². The third-order valence-corrected chi connectivity index (χ3v) is 6.77. The van der Waals surface area contributed by atoms with Crippen LogP contribution in [0.1, 0.15) is 46.5 Å². The molecule has 5 nitrogen and oxygen atoms in total. The van der Waals surface area contributed by atoms with E-state index in [-0.39, 0.29) is 11.7 Å². The fraction of sp³-hybridized carbons (Fsp3) is 0.364. The Labute approximate surface area is 229 Å². The van der Waals surface area contributed by atoms with Crippen molar-refractivity contribution in [3.8, 4) is 0 Å².